The predicted octanol–water partition coefficient (Wildman–Crippen LogP) is 16.6. The molecule has 2 nitrogen and oxygen atoms in total. The average molecular weight is 890 g/mol. The van der Waals surface area contributed by atoms with E-state index >= 15 is 0 Å². The van der Waals surface area contributed by atoms with E-state index in [-0.39, 0.29) is 38.2 Å². The SMILES string of the molecule is CC(C)(C)c1cc([N-]c2ccccc2CCc2ccccc2)c([S-])c(C(C)(C)C)c1.CC(C)(C)c1cc([N-]c2ccccc2CCc2ccccc2)c([S-])c(C(C)(C)C)c1.[Ni]. The molecule has 5 heteroatoms. The standard InChI is InChI=1S/2C28H34NS.Ni/c2*1-27(2,3)22-18-23(28(4,5)6)26(30)25(19-22)29-24-15-11-10-14-21(24)17-16-20-12-8-7-9-13-20;/h2*7-15,18-19,30H,16-17H2,1-6H3;/q2*-1;/p-2. The summed E-state index contributed by atoms with van der Waals surface area (Å²) in [5, 5.41) is 10.2. The molecule has 6 aromatic carbocycles. The molecule has 0 saturated carbocycles. The summed E-state index contributed by atoms with van der Waals surface area (Å²) in [6.07, 6.45) is 3.93. The molecular formula is C56H66N2NiS2-4. The third-order valence-electron chi connectivity index (χ3n) is 11.0. The van der Waals surface area contributed by atoms with Crippen LogP contribution in [0.2, 0.25) is 0 Å². The molecule has 0 aliphatic heterocycles. The van der Waals surface area contributed by atoms with Gasteiger partial charge in [-0.3, -0.25) is 0 Å². The Bertz CT molecular complexity index is 2160. The Balaban J connectivity index is 0.000000264. The van der Waals surface area contributed by atoms with Crippen LogP contribution in [-0.2, 0) is 89.1 Å². The van der Waals surface area contributed by atoms with Crippen LogP contribution in [0.5, 0.6) is 0 Å². The summed E-state index contributed by atoms with van der Waals surface area (Å²) in [5.74, 6) is 0. The van der Waals surface area contributed by atoms with Crippen LogP contribution in [0, 0.1) is 0 Å². The van der Waals surface area contributed by atoms with Gasteiger partial charge in [0.05, 0.1) is 0 Å². The number of aryl methyl sites for hydroxylation is 4. The van der Waals surface area contributed by atoms with Crippen molar-refractivity contribution in [1.29, 1.82) is 0 Å². The van der Waals surface area contributed by atoms with Gasteiger partial charge in [0.15, 0.2) is 0 Å². The van der Waals surface area contributed by atoms with Crippen LogP contribution >= 0.6 is 0 Å². The third kappa shape index (κ3) is 13.9. The Morgan fingerprint density at radius 2 is 0.672 bits per heavy atom. The molecule has 0 bridgehead atoms. The minimum Gasteiger partial charge on any atom is -0.781 e. The van der Waals surface area contributed by atoms with E-state index in [1.54, 1.807) is 0 Å². The first kappa shape index (κ1) is 49.5. The van der Waals surface area contributed by atoms with Crippen LogP contribution in [0.1, 0.15) is 128 Å². The Kier molecular flexibility index (Phi) is 16.9. The zero-order valence-electron chi connectivity index (χ0n) is 38.6. The van der Waals surface area contributed by atoms with E-state index in [1.807, 2.05) is 0 Å². The fourth-order valence-corrected chi connectivity index (χ4v) is 8.08. The van der Waals surface area contributed by atoms with Gasteiger partial charge in [0, 0.05) is 16.5 Å². The fourth-order valence-electron chi connectivity index (χ4n) is 7.14. The molecule has 0 heterocycles. The zero-order valence-corrected chi connectivity index (χ0v) is 41.2. The topological polar surface area (TPSA) is 28.2 Å². The molecule has 6 aromatic rings. The summed E-state index contributed by atoms with van der Waals surface area (Å²) in [4.78, 5) is 1.74. The molecule has 0 unspecified atom stereocenters. The molecule has 61 heavy (non-hydrogen) atoms. The normalized spacial score (nSPS) is 11.9. The molecule has 326 valence electrons. The van der Waals surface area contributed by atoms with Gasteiger partial charge in [-0.05, 0) is 69.6 Å². The maximum Gasteiger partial charge on any atom is 0 e. The molecular weight excluding hydrogens is 823 g/mol. The van der Waals surface area contributed by atoms with Crippen molar-refractivity contribution in [3.8, 4) is 0 Å². The smallest absolute Gasteiger partial charge is 0 e. The summed E-state index contributed by atoms with van der Waals surface area (Å²) >= 11 is 11.8. The summed E-state index contributed by atoms with van der Waals surface area (Å²) in [6, 6.07) is 47.1. The van der Waals surface area contributed by atoms with Crippen LogP contribution in [0.4, 0.5) is 22.7 Å². The van der Waals surface area contributed by atoms with Crippen molar-refractivity contribution < 1.29 is 16.5 Å². The van der Waals surface area contributed by atoms with E-state index in [2.05, 4.69) is 217 Å². The van der Waals surface area contributed by atoms with E-state index in [1.165, 1.54) is 44.5 Å². The number of hydrogen-bond donors (Lipinski definition) is 0. The molecule has 0 aliphatic carbocycles. The molecule has 0 radical (unpaired) electrons. The van der Waals surface area contributed by atoms with E-state index in [0.717, 1.165) is 58.2 Å². The quantitative estimate of drug-likeness (QED) is 0.101. The van der Waals surface area contributed by atoms with Gasteiger partial charge >= 0.3 is 0 Å². The van der Waals surface area contributed by atoms with Gasteiger partial charge in [-0.25, -0.2) is 0 Å². The molecule has 0 spiro atoms. The number of hydrogen-bond acceptors (Lipinski definition) is 2. The van der Waals surface area contributed by atoms with Crippen LogP contribution in [0.15, 0.2) is 143 Å². The second-order valence-electron chi connectivity index (χ2n) is 20.2. The molecule has 0 fully saturated rings. The second-order valence-corrected chi connectivity index (χ2v) is 21.0. The molecule has 0 saturated heterocycles. The molecule has 0 aliphatic rings. The van der Waals surface area contributed by atoms with Crippen molar-refractivity contribution in [3.05, 3.63) is 189 Å². The summed E-state index contributed by atoms with van der Waals surface area (Å²) < 4.78 is 0. The van der Waals surface area contributed by atoms with E-state index < -0.39 is 0 Å². The summed E-state index contributed by atoms with van der Waals surface area (Å²) in [6.45, 7) is 26.8. The average Bonchev–Trinajstić information content (AvgIpc) is 3.18. The predicted molar refractivity (Wildman–Crippen MR) is 265 cm³/mol. The third-order valence-corrected chi connectivity index (χ3v) is 11.9. The number of para-hydroxylation sites is 2. The maximum absolute atomic E-state index is 5.91. The largest absolute Gasteiger partial charge is 0.781 e. The van der Waals surface area contributed by atoms with Crippen molar-refractivity contribution in [1.82, 2.24) is 0 Å². The van der Waals surface area contributed by atoms with E-state index in [4.69, 9.17) is 35.9 Å². The van der Waals surface area contributed by atoms with Gasteiger partial charge in [-0.1, -0.05) is 239 Å². The Morgan fingerprint density at radius 3 is 0.984 bits per heavy atom. The molecule has 6 rings (SSSR count). The first-order valence-electron chi connectivity index (χ1n) is 21.5. The number of rotatable bonds is 10. The minimum absolute atomic E-state index is 0. The van der Waals surface area contributed by atoms with Crippen molar-refractivity contribution in [3.63, 3.8) is 0 Å². The van der Waals surface area contributed by atoms with Crippen molar-refractivity contribution in [2.45, 2.75) is 140 Å². The monoisotopic (exact) mass is 888 g/mol. The van der Waals surface area contributed by atoms with E-state index in [0.29, 0.717) is 0 Å². The molecule has 0 aromatic heterocycles. The van der Waals surface area contributed by atoms with Gasteiger partial charge in [0.1, 0.15) is 0 Å². The van der Waals surface area contributed by atoms with Crippen LogP contribution < -0.4 is 0 Å². The van der Waals surface area contributed by atoms with Crippen LogP contribution in [0.3, 0.4) is 0 Å². The maximum atomic E-state index is 5.91. The Labute approximate surface area is 390 Å². The molecule has 0 amide bonds. The zero-order chi connectivity index (χ0) is 43.9. The van der Waals surface area contributed by atoms with Gasteiger partial charge < -0.3 is 35.9 Å². The first-order chi connectivity index (χ1) is 28.1. The number of nitrogens with zero attached hydrogens (tertiary/aromatic N) is 2. The van der Waals surface area contributed by atoms with Gasteiger partial charge in [-0.2, -0.15) is 21.2 Å². The Hall–Kier alpha value is -4.15. The molecule has 0 N–H and O–H groups in total. The number of benzene rings is 6. The fraction of sp³-hybridized carbons (Fsp3) is 0.357. The van der Waals surface area contributed by atoms with Gasteiger partial charge in [-0.15, -0.1) is 11.4 Å². The van der Waals surface area contributed by atoms with Crippen LogP contribution in [-0.4, -0.2) is 0 Å². The van der Waals surface area contributed by atoms with Gasteiger partial charge in [0.25, 0.3) is 0 Å². The summed E-state index contributed by atoms with van der Waals surface area (Å²) in [7, 11) is 0. The van der Waals surface area contributed by atoms with Crippen molar-refractivity contribution >= 4 is 48.0 Å². The van der Waals surface area contributed by atoms with Crippen LogP contribution in [0.25, 0.3) is 10.6 Å². The van der Waals surface area contributed by atoms with Gasteiger partial charge in [0.2, 0.25) is 0 Å². The minimum atomic E-state index is -0.0184. The van der Waals surface area contributed by atoms with E-state index in [9.17, 15) is 0 Å². The summed E-state index contributed by atoms with van der Waals surface area (Å²) in [5.41, 5.74) is 14.1. The molecule has 0 atom stereocenters. The Morgan fingerprint density at radius 1 is 0.361 bits per heavy atom. The first-order valence-corrected chi connectivity index (χ1v) is 22.3. The van der Waals surface area contributed by atoms with Crippen molar-refractivity contribution in [2.24, 2.45) is 0 Å². The second kappa shape index (κ2) is 20.8. The van der Waals surface area contributed by atoms with Crippen molar-refractivity contribution in [2.75, 3.05) is 0 Å².